The van der Waals surface area contributed by atoms with Crippen LogP contribution in [0.15, 0.2) is 0 Å². The Morgan fingerprint density at radius 3 is 2.45 bits per heavy atom. The average Bonchev–Trinajstić information content (AvgIpc) is 2.94. The van der Waals surface area contributed by atoms with Gasteiger partial charge < -0.3 is 5.32 Å². The summed E-state index contributed by atoms with van der Waals surface area (Å²) in [6, 6.07) is 0. The minimum Gasteiger partial charge on any atom is -0.316 e. The molecule has 0 amide bonds. The van der Waals surface area contributed by atoms with E-state index in [0.29, 0.717) is 0 Å². The van der Waals surface area contributed by atoms with Crippen molar-refractivity contribution in [3.8, 4) is 0 Å². The van der Waals surface area contributed by atoms with E-state index in [1.165, 1.54) is 64.5 Å². The molecule has 0 radical (unpaired) electrons. The molecule has 20 heavy (non-hydrogen) atoms. The normalized spacial score (nSPS) is 32.1. The second-order valence-electron chi connectivity index (χ2n) is 7.99. The topological polar surface area (TPSA) is 12.0 Å². The fourth-order valence-corrected chi connectivity index (χ4v) is 4.80. The lowest BCUT2D eigenvalue weighted by Crippen LogP contribution is -2.37. The predicted molar refractivity (Wildman–Crippen MR) is 88.9 cm³/mol. The van der Waals surface area contributed by atoms with Crippen LogP contribution in [0.25, 0.3) is 0 Å². The molecular formula is C19H37N. The molecule has 2 aliphatic carbocycles. The summed E-state index contributed by atoms with van der Waals surface area (Å²) in [5, 5.41) is 3.75. The van der Waals surface area contributed by atoms with E-state index >= 15 is 0 Å². The maximum Gasteiger partial charge on any atom is -0.00176 e. The summed E-state index contributed by atoms with van der Waals surface area (Å²) < 4.78 is 0. The molecule has 0 aromatic rings. The summed E-state index contributed by atoms with van der Waals surface area (Å²) in [6.07, 6.45) is 13.5. The largest absolute Gasteiger partial charge is 0.316 e. The number of hydrogen-bond acceptors (Lipinski definition) is 1. The second-order valence-corrected chi connectivity index (χ2v) is 7.99. The van der Waals surface area contributed by atoms with Gasteiger partial charge in [-0.15, -0.1) is 0 Å². The van der Waals surface area contributed by atoms with Gasteiger partial charge in [0.2, 0.25) is 0 Å². The minimum atomic E-state index is 0.788. The Labute approximate surface area is 127 Å². The molecule has 0 bridgehead atoms. The van der Waals surface area contributed by atoms with Crippen LogP contribution < -0.4 is 5.32 Å². The summed E-state index contributed by atoms with van der Waals surface area (Å²) in [4.78, 5) is 0. The van der Waals surface area contributed by atoms with Gasteiger partial charge in [-0.1, -0.05) is 65.7 Å². The molecule has 1 nitrogen and oxygen atoms in total. The Hall–Kier alpha value is -0.0400. The number of nitrogens with one attached hydrogen (secondary N) is 1. The van der Waals surface area contributed by atoms with Crippen molar-refractivity contribution in [2.75, 3.05) is 13.1 Å². The molecule has 2 aliphatic rings. The van der Waals surface area contributed by atoms with Crippen LogP contribution in [0.3, 0.4) is 0 Å². The smallest absolute Gasteiger partial charge is 0.00176 e. The van der Waals surface area contributed by atoms with Crippen LogP contribution in [0, 0.1) is 29.6 Å². The van der Waals surface area contributed by atoms with Gasteiger partial charge in [-0.05, 0) is 55.5 Å². The summed E-state index contributed by atoms with van der Waals surface area (Å²) in [7, 11) is 0. The SMILES string of the molecule is CCCC1CCC(CNCC(C)C)C(C2CCCC2)C1. The fourth-order valence-electron chi connectivity index (χ4n) is 4.80. The van der Waals surface area contributed by atoms with Gasteiger partial charge in [-0.3, -0.25) is 0 Å². The first kappa shape index (κ1) is 16.3. The minimum absolute atomic E-state index is 0.788. The summed E-state index contributed by atoms with van der Waals surface area (Å²) in [5.74, 6) is 4.93. The Balaban J connectivity index is 1.86. The summed E-state index contributed by atoms with van der Waals surface area (Å²) in [6.45, 7) is 9.49. The molecule has 0 spiro atoms. The molecule has 0 saturated heterocycles. The van der Waals surface area contributed by atoms with Crippen LogP contribution in [0.5, 0.6) is 0 Å². The van der Waals surface area contributed by atoms with Crippen LogP contribution >= 0.6 is 0 Å². The molecule has 1 heteroatoms. The van der Waals surface area contributed by atoms with Gasteiger partial charge in [-0.25, -0.2) is 0 Å². The Morgan fingerprint density at radius 1 is 1.05 bits per heavy atom. The van der Waals surface area contributed by atoms with Gasteiger partial charge in [0.25, 0.3) is 0 Å². The van der Waals surface area contributed by atoms with Crippen molar-refractivity contribution in [1.29, 1.82) is 0 Å². The van der Waals surface area contributed by atoms with Gasteiger partial charge >= 0.3 is 0 Å². The van der Waals surface area contributed by atoms with E-state index < -0.39 is 0 Å². The zero-order valence-corrected chi connectivity index (χ0v) is 14.2. The highest BCUT2D eigenvalue weighted by atomic mass is 14.9. The molecule has 0 aromatic heterocycles. The Morgan fingerprint density at radius 2 is 1.80 bits per heavy atom. The van der Waals surface area contributed by atoms with Crippen molar-refractivity contribution in [3.05, 3.63) is 0 Å². The number of hydrogen-bond donors (Lipinski definition) is 1. The standard InChI is InChI=1S/C19H37N/c1-4-7-16-10-11-18(14-20-13-15(2)3)19(12-16)17-8-5-6-9-17/h15-20H,4-14H2,1-3H3. The van der Waals surface area contributed by atoms with Crippen molar-refractivity contribution in [3.63, 3.8) is 0 Å². The lowest BCUT2D eigenvalue weighted by molar-refractivity contribution is 0.114. The molecule has 3 atom stereocenters. The van der Waals surface area contributed by atoms with Crippen LogP contribution in [0.4, 0.5) is 0 Å². The molecule has 3 unspecified atom stereocenters. The molecule has 0 aliphatic heterocycles. The monoisotopic (exact) mass is 279 g/mol. The van der Waals surface area contributed by atoms with Gasteiger partial charge in [0.15, 0.2) is 0 Å². The fraction of sp³-hybridized carbons (Fsp3) is 1.00. The van der Waals surface area contributed by atoms with E-state index in [9.17, 15) is 0 Å². The molecule has 2 fully saturated rings. The highest BCUT2D eigenvalue weighted by molar-refractivity contribution is 4.87. The molecule has 118 valence electrons. The van der Waals surface area contributed by atoms with E-state index in [1.54, 1.807) is 6.42 Å². The van der Waals surface area contributed by atoms with Gasteiger partial charge in [-0.2, -0.15) is 0 Å². The molecule has 1 N–H and O–H groups in total. The maximum absolute atomic E-state index is 3.75. The van der Waals surface area contributed by atoms with E-state index in [2.05, 4.69) is 26.1 Å². The highest BCUT2D eigenvalue weighted by Gasteiger charge is 2.36. The summed E-state index contributed by atoms with van der Waals surface area (Å²) >= 11 is 0. The van der Waals surface area contributed by atoms with Gasteiger partial charge in [0, 0.05) is 0 Å². The van der Waals surface area contributed by atoms with E-state index in [1.807, 2.05) is 0 Å². The van der Waals surface area contributed by atoms with Crippen molar-refractivity contribution in [2.45, 2.75) is 78.6 Å². The third-order valence-electron chi connectivity index (χ3n) is 5.82. The Kier molecular flexibility index (Phi) is 6.87. The van der Waals surface area contributed by atoms with Crippen LogP contribution in [0.2, 0.25) is 0 Å². The predicted octanol–water partition coefficient (Wildman–Crippen LogP) is 5.25. The van der Waals surface area contributed by atoms with E-state index in [0.717, 1.165) is 29.6 Å². The van der Waals surface area contributed by atoms with Crippen molar-refractivity contribution >= 4 is 0 Å². The van der Waals surface area contributed by atoms with E-state index in [4.69, 9.17) is 0 Å². The quantitative estimate of drug-likeness (QED) is 0.670. The lowest BCUT2D eigenvalue weighted by atomic mass is 9.67. The molecule has 2 rings (SSSR count). The zero-order valence-electron chi connectivity index (χ0n) is 14.2. The van der Waals surface area contributed by atoms with Crippen LogP contribution in [-0.4, -0.2) is 13.1 Å². The molecule has 2 saturated carbocycles. The first-order valence-electron chi connectivity index (χ1n) is 9.41. The second kappa shape index (κ2) is 8.41. The third kappa shape index (κ3) is 4.76. The number of rotatable bonds is 7. The summed E-state index contributed by atoms with van der Waals surface area (Å²) in [5.41, 5.74) is 0. The van der Waals surface area contributed by atoms with Crippen molar-refractivity contribution < 1.29 is 0 Å². The van der Waals surface area contributed by atoms with Gasteiger partial charge in [0.05, 0.1) is 0 Å². The Bertz CT molecular complexity index is 254. The highest BCUT2D eigenvalue weighted by Crippen LogP contribution is 2.45. The molecule has 0 heterocycles. The van der Waals surface area contributed by atoms with Crippen LogP contribution in [0.1, 0.15) is 78.6 Å². The average molecular weight is 280 g/mol. The van der Waals surface area contributed by atoms with Crippen molar-refractivity contribution in [1.82, 2.24) is 5.32 Å². The molecule has 0 aromatic carbocycles. The molecular weight excluding hydrogens is 242 g/mol. The van der Waals surface area contributed by atoms with Crippen molar-refractivity contribution in [2.24, 2.45) is 29.6 Å². The van der Waals surface area contributed by atoms with Gasteiger partial charge in [0.1, 0.15) is 0 Å². The first-order valence-corrected chi connectivity index (χ1v) is 9.41. The lowest BCUT2D eigenvalue weighted by Gasteiger charge is -2.40. The zero-order chi connectivity index (χ0) is 14.4. The third-order valence-corrected chi connectivity index (χ3v) is 5.82. The van der Waals surface area contributed by atoms with E-state index in [-0.39, 0.29) is 0 Å². The maximum atomic E-state index is 3.75. The first-order chi connectivity index (χ1) is 9.70. The van der Waals surface area contributed by atoms with Crippen LogP contribution in [-0.2, 0) is 0 Å².